The third kappa shape index (κ3) is 5.54. The van der Waals surface area contributed by atoms with Crippen LogP contribution in [0.5, 0.6) is 0 Å². The lowest BCUT2D eigenvalue weighted by Crippen LogP contribution is -2.60. The molecule has 1 N–H and O–H groups in total. The van der Waals surface area contributed by atoms with E-state index in [0.717, 1.165) is 18.7 Å². The largest absolute Gasteiger partial charge is 0.461 e. The number of fused-ring (bicyclic) bond motifs is 1. The lowest BCUT2D eigenvalue weighted by Gasteiger charge is -2.40. The van der Waals surface area contributed by atoms with Gasteiger partial charge in [0, 0.05) is 32.7 Å². The number of amides is 2. The van der Waals surface area contributed by atoms with Crippen LogP contribution in [-0.4, -0.2) is 120 Å². The van der Waals surface area contributed by atoms with Gasteiger partial charge in [0.15, 0.2) is 0 Å². The first kappa shape index (κ1) is 31.4. The van der Waals surface area contributed by atoms with E-state index in [-0.39, 0.29) is 30.9 Å². The van der Waals surface area contributed by atoms with Crippen molar-refractivity contribution < 1.29 is 33.7 Å². The number of carbonyl (C=O) groups is 3. The van der Waals surface area contributed by atoms with Gasteiger partial charge >= 0.3 is 5.97 Å². The van der Waals surface area contributed by atoms with Gasteiger partial charge in [-0.2, -0.15) is 0 Å². The molecule has 4 fully saturated rings. The summed E-state index contributed by atoms with van der Waals surface area (Å²) in [4.78, 5) is 48.5. The molecule has 4 saturated heterocycles. The Morgan fingerprint density at radius 2 is 1.93 bits per heavy atom. The van der Waals surface area contributed by atoms with E-state index < -0.39 is 41.1 Å². The zero-order valence-electron chi connectivity index (χ0n) is 25.4. The highest BCUT2D eigenvalue weighted by molar-refractivity contribution is 5.99. The third-order valence-electron chi connectivity index (χ3n) is 9.95. The highest BCUT2D eigenvalue weighted by Crippen LogP contribution is 2.65. The quantitative estimate of drug-likeness (QED) is 0.271. The van der Waals surface area contributed by atoms with Gasteiger partial charge in [-0.25, -0.2) is 0 Å². The van der Waals surface area contributed by atoms with E-state index in [0.29, 0.717) is 45.7 Å². The maximum Gasteiger partial charge on any atom is 0.313 e. The minimum absolute atomic E-state index is 0.0156. The summed E-state index contributed by atoms with van der Waals surface area (Å²) in [6.07, 6.45) is 3.97. The molecule has 4 heterocycles. The van der Waals surface area contributed by atoms with Gasteiger partial charge < -0.3 is 29.1 Å². The Kier molecular flexibility index (Phi) is 9.41. The number of aliphatic hydroxyl groups is 1. The zero-order valence-corrected chi connectivity index (χ0v) is 25.4. The Morgan fingerprint density at radius 1 is 1.21 bits per heavy atom. The molecule has 7 atom stereocenters. The molecule has 1 spiro atoms. The van der Waals surface area contributed by atoms with Crippen LogP contribution in [0.1, 0.15) is 25.8 Å². The predicted molar refractivity (Wildman–Crippen MR) is 160 cm³/mol. The molecule has 10 heteroatoms. The highest BCUT2D eigenvalue weighted by atomic mass is 16.6. The Morgan fingerprint density at radius 3 is 2.58 bits per heavy atom. The number of esters is 1. The van der Waals surface area contributed by atoms with Gasteiger partial charge in [-0.3, -0.25) is 19.3 Å². The molecular formula is C33H45N3O7. The van der Waals surface area contributed by atoms with Crippen molar-refractivity contribution in [2.24, 2.45) is 17.8 Å². The minimum atomic E-state index is -1.23. The smallest absolute Gasteiger partial charge is 0.313 e. The second-order valence-electron chi connectivity index (χ2n) is 12.4. The van der Waals surface area contributed by atoms with Gasteiger partial charge in [-0.05, 0) is 31.2 Å². The van der Waals surface area contributed by atoms with E-state index in [9.17, 15) is 19.5 Å². The summed E-state index contributed by atoms with van der Waals surface area (Å²) >= 11 is 0. The van der Waals surface area contributed by atoms with Crippen molar-refractivity contribution in [2.45, 2.75) is 50.0 Å². The molecule has 4 aliphatic heterocycles. The monoisotopic (exact) mass is 595 g/mol. The lowest BCUT2D eigenvalue weighted by atomic mass is 9.62. The van der Waals surface area contributed by atoms with E-state index >= 15 is 0 Å². The molecule has 0 radical (unpaired) electrons. The van der Waals surface area contributed by atoms with Gasteiger partial charge in [0.1, 0.15) is 24.2 Å². The molecule has 0 saturated carbocycles. The summed E-state index contributed by atoms with van der Waals surface area (Å²) in [6.45, 7) is 15.3. The fourth-order valence-corrected chi connectivity index (χ4v) is 7.78. The molecular weight excluding hydrogens is 550 g/mol. The first-order valence-electron chi connectivity index (χ1n) is 15.4. The van der Waals surface area contributed by atoms with Crippen LogP contribution in [0, 0.1) is 17.8 Å². The van der Waals surface area contributed by atoms with Gasteiger partial charge in [-0.1, -0.05) is 56.0 Å². The minimum Gasteiger partial charge on any atom is -0.461 e. The Balaban J connectivity index is 1.54. The van der Waals surface area contributed by atoms with Crippen molar-refractivity contribution in [2.75, 3.05) is 59.2 Å². The average Bonchev–Trinajstić information content (AvgIpc) is 3.53. The van der Waals surface area contributed by atoms with E-state index in [1.165, 1.54) is 11.0 Å². The SMILES string of the molecule is C=CCOC(=O)[C@H]1[C@H]2C(=O)N([C@@H](CO)Cc3ccccc3)C(C(=O)N(CC=C)CCN3CCOCC3)C23CC(C)[C@]1(C)O3. The van der Waals surface area contributed by atoms with Crippen molar-refractivity contribution in [3.8, 4) is 0 Å². The summed E-state index contributed by atoms with van der Waals surface area (Å²) in [7, 11) is 0. The summed E-state index contributed by atoms with van der Waals surface area (Å²) in [5.41, 5.74) is -1.28. The van der Waals surface area contributed by atoms with Crippen molar-refractivity contribution in [3.63, 3.8) is 0 Å². The Labute approximate surface area is 254 Å². The predicted octanol–water partition coefficient (Wildman–Crippen LogP) is 1.68. The zero-order chi connectivity index (χ0) is 30.8. The van der Waals surface area contributed by atoms with Crippen LogP contribution in [0.25, 0.3) is 0 Å². The van der Waals surface area contributed by atoms with E-state index in [4.69, 9.17) is 14.2 Å². The van der Waals surface area contributed by atoms with Crippen molar-refractivity contribution in [1.29, 1.82) is 0 Å². The van der Waals surface area contributed by atoms with E-state index in [2.05, 4.69) is 18.1 Å². The standard InChI is InChI=1S/C33H45N3O7/c1-5-12-35(14-13-34-15-18-41-19-16-34)30(39)28-33-21-23(3)32(4,43-33)27(31(40)42-17-6-2)26(33)29(38)36(28)25(22-37)20-24-10-8-7-9-11-24/h5-11,23,25-28,37H,1-2,12-22H2,3-4H3/t23?,25-,26+,27-,28?,32+,33?/m1/s1. The topological polar surface area (TPSA) is 109 Å². The maximum atomic E-state index is 14.8. The molecule has 0 aromatic heterocycles. The number of ether oxygens (including phenoxy) is 3. The summed E-state index contributed by atoms with van der Waals surface area (Å²) in [5.74, 6) is -3.05. The van der Waals surface area contributed by atoms with Crippen LogP contribution in [0.4, 0.5) is 0 Å². The normalized spacial score (nSPS) is 32.3. The van der Waals surface area contributed by atoms with Gasteiger partial charge in [0.25, 0.3) is 0 Å². The number of morpholine rings is 1. The first-order chi connectivity index (χ1) is 20.7. The molecule has 234 valence electrons. The van der Waals surface area contributed by atoms with Crippen molar-refractivity contribution >= 4 is 17.8 Å². The maximum absolute atomic E-state index is 14.8. The number of hydrogen-bond donors (Lipinski definition) is 1. The van der Waals surface area contributed by atoms with Gasteiger partial charge in [0.2, 0.25) is 11.8 Å². The Bertz CT molecular complexity index is 1200. The summed E-state index contributed by atoms with van der Waals surface area (Å²) < 4.78 is 17.8. The number of nitrogens with zero attached hydrogens (tertiary/aromatic N) is 3. The summed E-state index contributed by atoms with van der Waals surface area (Å²) in [5, 5.41) is 10.7. The molecule has 43 heavy (non-hydrogen) atoms. The van der Waals surface area contributed by atoms with E-state index in [1.54, 1.807) is 11.0 Å². The fourth-order valence-electron chi connectivity index (χ4n) is 7.78. The van der Waals surface area contributed by atoms with Crippen LogP contribution in [-0.2, 0) is 35.0 Å². The number of aliphatic hydroxyl groups excluding tert-OH is 1. The lowest BCUT2D eigenvalue weighted by molar-refractivity contribution is -0.163. The molecule has 2 bridgehead atoms. The molecule has 1 aromatic carbocycles. The van der Waals surface area contributed by atoms with Gasteiger partial charge in [-0.15, -0.1) is 6.58 Å². The van der Waals surface area contributed by atoms with Crippen LogP contribution in [0.15, 0.2) is 55.6 Å². The van der Waals surface area contributed by atoms with Gasteiger partial charge in [0.05, 0.1) is 37.4 Å². The average molecular weight is 596 g/mol. The number of benzene rings is 1. The second kappa shape index (κ2) is 12.9. The molecule has 10 nitrogen and oxygen atoms in total. The van der Waals surface area contributed by atoms with Crippen LogP contribution < -0.4 is 0 Å². The molecule has 2 amide bonds. The van der Waals surface area contributed by atoms with Crippen molar-refractivity contribution in [3.05, 3.63) is 61.2 Å². The highest BCUT2D eigenvalue weighted by Gasteiger charge is 2.80. The molecule has 0 aliphatic carbocycles. The van der Waals surface area contributed by atoms with Crippen LogP contribution in [0.2, 0.25) is 0 Å². The van der Waals surface area contributed by atoms with Crippen LogP contribution >= 0.6 is 0 Å². The second-order valence-corrected chi connectivity index (χ2v) is 12.4. The van der Waals surface area contributed by atoms with E-state index in [1.807, 2.05) is 44.2 Å². The van der Waals surface area contributed by atoms with Crippen LogP contribution in [0.3, 0.4) is 0 Å². The number of hydrogen-bond acceptors (Lipinski definition) is 8. The fraction of sp³-hybridized carbons (Fsp3) is 0.606. The molecule has 3 unspecified atom stereocenters. The number of rotatable bonds is 13. The molecule has 4 aliphatic rings. The number of carbonyl (C=O) groups excluding carboxylic acids is 3. The Hall–Kier alpha value is -3.05. The van der Waals surface area contributed by atoms with Crippen molar-refractivity contribution in [1.82, 2.24) is 14.7 Å². The first-order valence-corrected chi connectivity index (χ1v) is 15.4. The number of likely N-dealkylation sites (tertiary alicyclic amines) is 1. The molecule has 1 aromatic rings. The third-order valence-corrected chi connectivity index (χ3v) is 9.95. The molecule has 5 rings (SSSR count). The summed E-state index contributed by atoms with van der Waals surface area (Å²) in [6, 6.07) is 7.88.